The van der Waals surface area contributed by atoms with Crippen LogP contribution in [0.25, 0.3) is 0 Å². The fraction of sp³-hybridized carbons (Fsp3) is 0.348. The highest BCUT2D eigenvalue weighted by Crippen LogP contribution is 2.42. The Labute approximate surface area is 382 Å². The molecule has 2 saturated heterocycles. The number of fused-ring (bicyclic) bond motifs is 4. The SMILES string of the molecule is O=C(O)/C=C/C(=O)O.[2H]C([2H])(O)C([2H])([2H])OCCN1CCN(C2=Nc3ccccc3Sc3ccccc32)CC1.[2H]C([2H])(O)C([2H])([2H])OCCN1CCN(C2=Nc3ccccc3Sc3ccccc32)CC1. The maximum atomic E-state index is 9.55. The van der Waals surface area contributed by atoms with E-state index < -0.39 is 38.2 Å². The van der Waals surface area contributed by atoms with Gasteiger partial charge < -0.3 is 39.7 Å². The predicted molar refractivity (Wildman–Crippen MR) is 243 cm³/mol. The van der Waals surface area contributed by atoms with Crippen LogP contribution in [0.5, 0.6) is 0 Å². The molecule has 0 aromatic heterocycles. The third kappa shape index (κ3) is 13.7. The van der Waals surface area contributed by atoms with Gasteiger partial charge in [-0.2, -0.15) is 0 Å². The lowest BCUT2D eigenvalue weighted by Crippen LogP contribution is -2.49. The van der Waals surface area contributed by atoms with Crippen LogP contribution in [-0.2, 0) is 19.1 Å². The van der Waals surface area contributed by atoms with Gasteiger partial charge in [0.25, 0.3) is 0 Å². The molecule has 4 N–H and O–H groups in total. The molecule has 2 fully saturated rings. The van der Waals surface area contributed by atoms with E-state index in [4.69, 9.17) is 40.6 Å². The maximum Gasteiger partial charge on any atom is 0.328 e. The Balaban J connectivity index is 0.000000199. The maximum absolute atomic E-state index is 9.55. The minimum absolute atomic E-state index is 0.000858. The van der Waals surface area contributed by atoms with E-state index in [0.29, 0.717) is 25.2 Å². The van der Waals surface area contributed by atoms with Crippen molar-refractivity contribution < 1.29 is 50.5 Å². The number of aliphatic carboxylic acids is 2. The Kier molecular flexibility index (Phi) is 14.4. The number of aliphatic hydroxyl groups is 2. The quantitative estimate of drug-likeness (QED) is 0.133. The van der Waals surface area contributed by atoms with Gasteiger partial charge in [-0.15, -0.1) is 0 Å². The molecule has 0 spiro atoms. The summed E-state index contributed by atoms with van der Waals surface area (Å²) in [7, 11) is 0. The molecule has 0 saturated carbocycles. The van der Waals surface area contributed by atoms with Gasteiger partial charge in [0, 0.05) is 108 Å². The van der Waals surface area contributed by atoms with Crippen molar-refractivity contribution in [3.05, 3.63) is 120 Å². The van der Waals surface area contributed by atoms with Gasteiger partial charge in [0.15, 0.2) is 0 Å². The molecule has 0 atom stereocenters. The third-order valence-electron chi connectivity index (χ3n) is 9.85. The van der Waals surface area contributed by atoms with E-state index in [1.807, 2.05) is 60.7 Å². The molecule has 4 aliphatic heterocycles. The first-order valence-corrected chi connectivity index (χ1v) is 21.5. The molecule has 0 amide bonds. The highest BCUT2D eigenvalue weighted by Gasteiger charge is 2.26. The summed E-state index contributed by atoms with van der Waals surface area (Å²) in [6.45, 7) is -4.50. The van der Waals surface area contributed by atoms with E-state index >= 15 is 0 Å². The molecule has 0 unspecified atom stereocenters. The number of para-hydroxylation sites is 2. The minimum atomic E-state index is -3.04. The van der Waals surface area contributed by atoms with Crippen LogP contribution in [0.3, 0.4) is 0 Å². The van der Waals surface area contributed by atoms with E-state index in [9.17, 15) is 19.8 Å². The molecule has 4 aromatic rings. The van der Waals surface area contributed by atoms with Gasteiger partial charge in [-0.05, 0) is 36.4 Å². The number of rotatable bonds is 12. The van der Waals surface area contributed by atoms with Crippen molar-refractivity contribution in [1.82, 2.24) is 19.6 Å². The smallest absolute Gasteiger partial charge is 0.328 e. The summed E-state index contributed by atoms with van der Waals surface area (Å²) in [5, 5.41) is 34.1. The number of nitrogens with zero attached hydrogens (tertiary/aromatic N) is 6. The normalized spacial score (nSPS) is 18.9. The standard InChI is InChI=1S/2C21H25N3O2S.C4H4O4/c2*25-14-16-26-15-13-23-9-11-24(12-10-23)21-17-5-1-3-7-19(17)27-20-8-4-2-6-18(20)22-21;5-3(6)1-2-4(7)8/h2*1-8,25H,9-16H2;1-2H,(H,5,6)(H,7,8)/b;;2-1+/i2*14D2,16D2;. The van der Waals surface area contributed by atoms with Crippen molar-refractivity contribution in [2.45, 2.75) is 19.6 Å². The van der Waals surface area contributed by atoms with Gasteiger partial charge in [-0.25, -0.2) is 19.6 Å². The van der Waals surface area contributed by atoms with Crippen molar-refractivity contribution in [3.63, 3.8) is 0 Å². The highest BCUT2D eigenvalue weighted by atomic mass is 32.2. The zero-order valence-electron chi connectivity index (χ0n) is 41.8. The molecule has 8 rings (SSSR count). The van der Waals surface area contributed by atoms with Crippen LogP contribution in [0.4, 0.5) is 11.4 Å². The van der Waals surface area contributed by atoms with Gasteiger partial charge in [0.1, 0.15) is 11.7 Å². The Hall–Kier alpha value is -5.04. The average Bonchev–Trinajstić information content (AvgIpc) is 3.59. The van der Waals surface area contributed by atoms with Crippen molar-refractivity contribution in [1.29, 1.82) is 0 Å². The van der Waals surface area contributed by atoms with E-state index in [1.165, 1.54) is 9.79 Å². The topological polar surface area (TPSA) is 171 Å². The summed E-state index contributed by atoms with van der Waals surface area (Å²) >= 11 is 3.46. The van der Waals surface area contributed by atoms with Crippen molar-refractivity contribution in [2.24, 2.45) is 9.98 Å². The number of aliphatic imine (C=N–C) groups is 2. The van der Waals surface area contributed by atoms with Crippen LogP contribution < -0.4 is 0 Å². The summed E-state index contributed by atoms with van der Waals surface area (Å²) in [4.78, 5) is 42.6. The summed E-state index contributed by atoms with van der Waals surface area (Å²) in [6.07, 6.45) is 1.12. The first-order valence-electron chi connectivity index (χ1n) is 23.8. The van der Waals surface area contributed by atoms with Crippen LogP contribution >= 0.6 is 23.5 Å². The van der Waals surface area contributed by atoms with Crippen LogP contribution in [0.2, 0.25) is 0 Å². The number of benzene rings is 4. The van der Waals surface area contributed by atoms with Gasteiger partial charge in [-0.3, -0.25) is 9.80 Å². The lowest BCUT2D eigenvalue weighted by atomic mass is 10.1. The Morgan fingerprint density at radius 2 is 0.919 bits per heavy atom. The first-order chi connectivity index (χ1) is 33.1. The highest BCUT2D eigenvalue weighted by molar-refractivity contribution is 7.99. The molecule has 0 bridgehead atoms. The molecule has 4 aliphatic rings. The lowest BCUT2D eigenvalue weighted by molar-refractivity contribution is -0.134. The molecule has 0 aliphatic carbocycles. The predicted octanol–water partition coefficient (Wildman–Crippen LogP) is 5.42. The summed E-state index contributed by atoms with van der Waals surface area (Å²) < 4.78 is 68.3. The van der Waals surface area contributed by atoms with Gasteiger partial charge in [-0.1, -0.05) is 84.2 Å². The molecule has 4 heterocycles. The second-order valence-corrected chi connectivity index (χ2v) is 16.0. The molecule has 4 aromatic carbocycles. The number of carboxylic acid groups (broad SMARTS) is 2. The summed E-state index contributed by atoms with van der Waals surface area (Å²) in [5.74, 6) is -0.581. The van der Waals surface area contributed by atoms with Crippen molar-refractivity contribution in [2.75, 3.05) is 105 Å². The van der Waals surface area contributed by atoms with Crippen molar-refractivity contribution in [3.8, 4) is 0 Å². The average molecular weight is 891 g/mol. The second kappa shape index (κ2) is 24.6. The minimum Gasteiger partial charge on any atom is -0.478 e. The summed E-state index contributed by atoms with van der Waals surface area (Å²) in [5.41, 5.74) is 4.18. The largest absolute Gasteiger partial charge is 0.478 e. The Bertz CT molecular complexity index is 2360. The van der Waals surface area contributed by atoms with E-state index in [2.05, 4.69) is 56.0 Å². The van der Waals surface area contributed by atoms with E-state index in [-0.39, 0.29) is 13.2 Å². The lowest BCUT2D eigenvalue weighted by Gasteiger charge is -2.36. The number of piperazine rings is 2. The van der Waals surface area contributed by atoms with Gasteiger partial charge >= 0.3 is 11.9 Å². The number of carbonyl (C=O) groups is 2. The summed E-state index contributed by atoms with van der Waals surface area (Å²) in [6, 6.07) is 32.9. The fourth-order valence-corrected chi connectivity index (χ4v) is 8.88. The van der Waals surface area contributed by atoms with Crippen LogP contribution in [0, 0.1) is 0 Å². The van der Waals surface area contributed by atoms with Crippen LogP contribution in [-0.4, -0.2) is 169 Å². The molecular formula is C46H54N6O8S2. The fourth-order valence-electron chi connectivity index (χ4n) is 6.85. The first kappa shape index (κ1) is 36.4. The Morgan fingerprint density at radius 3 is 1.29 bits per heavy atom. The number of hydrogen-bond acceptors (Lipinski definition) is 14. The van der Waals surface area contributed by atoms with Gasteiger partial charge in [0.2, 0.25) is 0 Å². The molecule has 328 valence electrons. The molecular weight excluding hydrogens is 829 g/mol. The van der Waals surface area contributed by atoms with Gasteiger partial charge in [0.05, 0.1) is 61.8 Å². The van der Waals surface area contributed by atoms with E-state index in [1.54, 1.807) is 23.5 Å². The third-order valence-corrected chi connectivity index (χ3v) is 12.1. The molecule has 0 radical (unpaired) electrons. The number of amidine groups is 2. The molecule has 16 heteroatoms. The monoisotopic (exact) mass is 890 g/mol. The van der Waals surface area contributed by atoms with E-state index in [0.717, 1.165) is 96.3 Å². The van der Waals surface area contributed by atoms with Crippen LogP contribution in [0.1, 0.15) is 22.1 Å². The van der Waals surface area contributed by atoms with Crippen LogP contribution in [0.15, 0.2) is 139 Å². The van der Waals surface area contributed by atoms with Crippen molar-refractivity contribution >= 4 is 58.5 Å². The second-order valence-electron chi connectivity index (χ2n) is 13.8. The molecule has 62 heavy (non-hydrogen) atoms. The number of carboxylic acids is 2. The Morgan fingerprint density at radius 1 is 0.565 bits per heavy atom. The zero-order chi connectivity index (χ0) is 50.7. The zero-order valence-corrected chi connectivity index (χ0v) is 35.4. The number of ether oxygens (including phenoxy) is 2. The number of hydrogen-bond donors (Lipinski definition) is 4. The molecule has 14 nitrogen and oxygen atoms in total.